The lowest BCUT2D eigenvalue weighted by atomic mass is 10.1. The van der Waals surface area contributed by atoms with Gasteiger partial charge in [-0.2, -0.15) is 13.4 Å². The third-order valence-electron chi connectivity index (χ3n) is 4.00. The second-order valence-corrected chi connectivity index (χ2v) is 7.21. The molecule has 0 aliphatic rings. The van der Waals surface area contributed by atoms with Crippen molar-refractivity contribution in [2.24, 2.45) is 0 Å². The molecule has 0 bridgehead atoms. The van der Waals surface area contributed by atoms with Gasteiger partial charge in [0, 0.05) is 0 Å². The number of nitrogens with zero attached hydrogens (tertiary/aromatic N) is 5. The van der Waals surface area contributed by atoms with E-state index >= 15 is 0 Å². The molecule has 1 aromatic carbocycles. The van der Waals surface area contributed by atoms with Gasteiger partial charge < -0.3 is 10.2 Å². The first-order chi connectivity index (χ1) is 13.3. The lowest BCUT2D eigenvalue weighted by molar-refractivity contribution is 0.489. The molecule has 0 saturated heterocycles. The van der Waals surface area contributed by atoms with Crippen LogP contribution in [0.3, 0.4) is 0 Å². The van der Waals surface area contributed by atoms with E-state index in [2.05, 4.69) is 20.3 Å². The Morgan fingerprint density at radius 2 is 2.11 bits per heavy atom. The van der Waals surface area contributed by atoms with Gasteiger partial charge in [-0.1, -0.05) is 17.3 Å². The minimum absolute atomic E-state index is 0.0614. The summed E-state index contributed by atoms with van der Waals surface area (Å²) in [5.41, 5.74) is 8.90. The summed E-state index contributed by atoms with van der Waals surface area (Å²) in [5.74, 6) is 0.564. The molecule has 0 amide bonds. The molecular formula is C16H15N7O4S. The first-order valence-electron chi connectivity index (χ1n) is 8.05. The van der Waals surface area contributed by atoms with Gasteiger partial charge in [0.1, 0.15) is 5.69 Å². The number of hydrogen-bond acceptors (Lipinski definition) is 8. The third-order valence-corrected chi connectivity index (χ3v) is 4.47. The van der Waals surface area contributed by atoms with Crippen molar-refractivity contribution in [1.29, 1.82) is 0 Å². The molecule has 0 aliphatic heterocycles. The zero-order chi connectivity index (χ0) is 19.9. The van der Waals surface area contributed by atoms with Gasteiger partial charge in [-0.3, -0.25) is 9.27 Å². The van der Waals surface area contributed by atoms with Crippen LogP contribution >= 0.6 is 0 Å². The maximum absolute atomic E-state index is 11.0. The SMILES string of the molecule is Cc1cc(Cn2nnc3c(-c4ccco4)nc(N)nc32)ccc1NS(=O)(=O)O. The van der Waals surface area contributed by atoms with Crippen LogP contribution in [0.25, 0.3) is 22.6 Å². The highest BCUT2D eigenvalue weighted by Gasteiger charge is 2.17. The Labute approximate surface area is 159 Å². The minimum atomic E-state index is -4.34. The molecule has 0 atom stereocenters. The maximum Gasteiger partial charge on any atom is 0.357 e. The summed E-state index contributed by atoms with van der Waals surface area (Å²) in [6.45, 7) is 2.03. The van der Waals surface area contributed by atoms with Crippen LogP contribution in [0.1, 0.15) is 11.1 Å². The van der Waals surface area contributed by atoms with Crippen molar-refractivity contribution in [2.45, 2.75) is 13.5 Å². The van der Waals surface area contributed by atoms with Crippen molar-refractivity contribution in [1.82, 2.24) is 25.0 Å². The molecule has 4 aromatic rings. The molecule has 11 nitrogen and oxygen atoms in total. The second kappa shape index (κ2) is 6.58. The molecule has 4 N–H and O–H groups in total. The lowest BCUT2D eigenvalue weighted by Gasteiger charge is -2.09. The summed E-state index contributed by atoms with van der Waals surface area (Å²) < 4.78 is 39.9. The highest BCUT2D eigenvalue weighted by molar-refractivity contribution is 7.87. The molecule has 0 fully saturated rings. The summed E-state index contributed by atoms with van der Waals surface area (Å²) in [6.07, 6.45) is 1.52. The van der Waals surface area contributed by atoms with Crippen LogP contribution in [0.15, 0.2) is 41.0 Å². The lowest BCUT2D eigenvalue weighted by Crippen LogP contribution is -2.11. The number of fused-ring (bicyclic) bond motifs is 1. The Kier molecular flexibility index (Phi) is 4.20. The third kappa shape index (κ3) is 3.50. The van der Waals surface area contributed by atoms with Crippen LogP contribution in [0, 0.1) is 6.92 Å². The van der Waals surface area contributed by atoms with E-state index in [1.165, 1.54) is 6.26 Å². The number of rotatable bonds is 5. The maximum atomic E-state index is 11.0. The van der Waals surface area contributed by atoms with Gasteiger partial charge >= 0.3 is 10.3 Å². The van der Waals surface area contributed by atoms with Crippen molar-refractivity contribution in [3.8, 4) is 11.5 Å². The number of anilines is 2. The molecule has 0 spiro atoms. The van der Waals surface area contributed by atoms with Crippen molar-refractivity contribution in [2.75, 3.05) is 10.5 Å². The van der Waals surface area contributed by atoms with E-state index in [0.29, 0.717) is 34.7 Å². The smallest absolute Gasteiger partial charge is 0.357 e. The number of nitrogens with one attached hydrogen (secondary N) is 1. The Morgan fingerprint density at radius 1 is 1.29 bits per heavy atom. The Balaban J connectivity index is 1.70. The molecule has 0 unspecified atom stereocenters. The predicted molar refractivity (Wildman–Crippen MR) is 101 cm³/mol. The van der Waals surface area contributed by atoms with Crippen LogP contribution < -0.4 is 10.5 Å². The molecule has 0 aliphatic carbocycles. The Hall–Kier alpha value is -3.51. The first kappa shape index (κ1) is 17.9. The Morgan fingerprint density at radius 3 is 2.79 bits per heavy atom. The number of furan rings is 1. The van der Waals surface area contributed by atoms with E-state index in [1.54, 1.807) is 41.9 Å². The van der Waals surface area contributed by atoms with Crippen LogP contribution in [0.2, 0.25) is 0 Å². The molecular weight excluding hydrogens is 386 g/mol. The zero-order valence-electron chi connectivity index (χ0n) is 14.6. The molecule has 3 aromatic heterocycles. The van der Waals surface area contributed by atoms with E-state index in [-0.39, 0.29) is 11.6 Å². The van der Waals surface area contributed by atoms with Crippen molar-refractivity contribution >= 4 is 33.1 Å². The van der Waals surface area contributed by atoms with Gasteiger partial charge in [-0.15, -0.1) is 5.10 Å². The number of aryl methyl sites for hydroxylation is 1. The molecule has 144 valence electrons. The fraction of sp³-hybridized carbons (Fsp3) is 0.125. The average molecular weight is 401 g/mol. The van der Waals surface area contributed by atoms with Crippen molar-refractivity contribution in [3.05, 3.63) is 47.7 Å². The van der Waals surface area contributed by atoms with Gasteiger partial charge in [-0.05, 0) is 36.2 Å². The second-order valence-electron chi connectivity index (χ2n) is 6.05. The van der Waals surface area contributed by atoms with E-state index < -0.39 is 10.3 Å². The van der Waals surface area contributed by atoms with E-state index in [0.717, 1.165) is 5.56 Å². The van der Waals surface area contributed by atoms with Gasteiger partial charge in [0.25, 0.3) is 0 Å². The number of hydrogen-bond donors (Lipinski definition) is 3. The summed E-state index contributed by atoms with van der Waals surface area (Å²) in [6, 6.07) is 8.49. The fourth-order valence-electron chi connectivity index (χ4n) is 2.82. The van der Waals surface area contributed by atoms with Crippen molar-refractivity contribution in [3.63, 3.8) is 0 Å². The zero-order valence-corrected chi connectivity index (χ0v) is 15.4. The number of aromatic nitrogens is 5. The number of nitrogens with two attached hydrogens (primary N) is 1. The molecule has 3 heterocycles. The van der Waals surface area contributed by atoms with Crippen LogP contribution in [-0.4, -0.2) is 37.9 Å². The quantitative estimate of drug-likeness (QED) is 0.422. The summed E-state index contributed by atoms with van der Waals surface area (Å²) in [4.78, 5) is 8.42. The highest BCUT2D eigenvalue weighted by Crippen LogP contribution is 2.26. The van der Waals surface area contributed by atoms with Crippen LogP contribution in [-0.2, 0) is 16.8 Å². The molecule has 0 radical (unpaired) electrons. The fourth-order valence-corrected chi connectivity index (χ4v) is 3.32. The van der Waals surface area contributed by atoms with Gasteiger partial charge in [-0.25, -0.2) is 9.67 Å². The number of nitrogen functional groups attached to an aromatic ring is 1. The van der Waals surface area contributed by atoms with E-state index in [9.17, 15) is 8.42 Å². The van der Waals surface area contributed by atoms with Gasteiger partial charge in [0.2, 0.25) is 5.95 Å². The minimum Gasteiger partial charge on any atom is -0.463 e. The van der Waals surface area contributed by atoms with Crippen LogP contribution in [0.4, 0.5) is 11.6 Å². The van der Waals surface area contributed by atoms with E-state index in [1.807, 2.05) is 4.72 Å². The van der Waals surface area contributed by atoms with E-state index in [4.69, 9.17) is 14.7 Å². The molecule has 28 heavy (non-hydrogen) atoms. The number of benzene rings is 1. The topological polar surface area (TPSA) is 162 Å². The Bertz CT molecular complexity index is 1270. The standard InChI is InChI=1S/C16H15N7O4S/c1-9-7-10(4-5-11(9)21-28(24,25)26)8-23-15-14(20-22-23)13(18-16(17)19-15)12-3-2-6-27-12/h2-7,21H,8H2,1H3,(H2,17,18,19)(H,24,25,26). The highest BCUT2D eigenvalue weighted by atomic mass is 32.2. The van der Waals surface area contributed by atoms with Crippen LogP contribution in [0.5, 0.6) is 0 Å². The first-order valence-corrected chi connectivity index (χ1v) is 9.49. The summed E-state index contributed by atoms with van der Waals surface area (Å²) >= 11 is 0. The largest absolute Gasteiger partial charge is 0.463 e. The van der Waals surface area contributed by atoms with Gasteiger partial charge in [0.05, 0.1) is 18.5 Å². The monoisotopic (exact) mass is 401 g/mol. The molecule has 0 saturated carbocycles. The van der Waals surface area contributed by atoms with Crippen molar-refractivity contribution < 1.29 is 17.4 Å². The molecule has 4 rings (SSSR count). The average Bonchev–Trinajstić information content (AvgIpc) is 3.26. The summed E-state index contributed by atoms with van der Waals surface area (Å²) in [7, 11) is -4.34. The summed E-state index contributed by atoms with van der Waals surface area (Å²) in [5, 5.41) is 8.28. The molecule has 12 heteroatoms. The predicted octanol–water partition coefficient (Wildman–Crippen LogP) is 1.63. The van der Waals surface area contributed by atoms with Gasteiger partial charge in [0.15, 0.2) is 16.9 Å². The normalized spacial score (nSPS) is 11.8.